The summed E-state index contributed by atoms with van der Waals surface area (Å²) in [7, 11) is 0. The first-order valence-electron chi connectivity index (χ1n) is 23.1. The minimum Gasteiger partial charge on any atom is -0.309 e. The van der Waals surface area contributed by atoms with Gasteiger partial charge in [-0.3, -0.25) is 19.9 Å². The third-order valence-corrected chi connectivity index (χ3v) is 14.1. The van der Waals surface area contributed by atoms with Gasteiger partial charge in [-0.15, -0.1) is 0 Å². The van der Waals surface area contributed by atoms with Crippen molar-refractivity contribution in [2.24, 2.45) is 0 Å². The first-order chi connectivity index (χ1) is 33.4. The molecule has 0 atom stereocenters. The van der Waals surface area contributed by atoms with Gasteiger partial charge in [0, 0.05) is 115 Å². The van der Waals surface area contributed by atoms with E-state index >= 15 is 0 Å². The molecule has 0 saturated carbocycles. The first kappa shape index (κ1) is 38.4. The van der Waals surface area contributed by atoms with Crippen LogP contribution in [0, 0.1) is 27.7 Å². The van der Waals surface area contributed by atoms with Crippen molar-refractivity contribution in [3.63, 3.8) is 0 Å². The highest BCUT2D eigenvalue weighted by atomic mass is 15.0. The molecule has 14 aromatic rings. The molecule has 8 heterocycles. The van der Waals surface area contributed by atoms with Crippen molar-refractivity contribution in [2.75, 3.05) is 0 Å². The molecule has 14 rings (SSSR count). The number of pyridine rings is 4. The summed E-state index contributed by atoms with van der Waals surface area (Å²) in [4.78, 5) is 18.2. The van der Waals surface area contributed by atoms with E-state index in [0.717, 1.165) is 99.6 Å². The van der Waals surface area contributed by atoms with Gasteiger partial charge in [0.05, 0.1) is 55.5 Å². The molecule has 0 aliphatic heterocycles. The second-order valence-electron chi connectivity index (χ2n) is 18.4. The molecule has 0 bridgehead atoms. The van der Waals surface area contributed by atoms with Gasteiger partial charge >= 0.3 is 0 Å². The molecule has 8 aromatic heterocycles. The fourth-order valence-corrected chi connectivity index (χ4v) is 11.1. The maximum Gasteiger partial charge on any atom is 0.0572 e. The smallest absolute Gasteiger partial charge is 0.0572 e. The van der Waals surface area contributed by atoms with E-state index in [4.69, 9.17) is 0 Å². The van der Waals surface area contributed by atoms with E-state index in [9.17, 15) is 0 Å². The highest BCUT2D eigenvalue weighted by Crippen LogP contribution is 2.44. The maximum absolute atomic E-state index is 4.55. The van der Waals surface area contributed by atoms with Crippen LogP contribution in [0.3, 0.4) is 0 Å². The van der Waals surface area contributed by atoms with E-state index < -0.39 is 0 Å². The van der Waals surface area contributed by atoms with Gasteiger partial charge in [-0.05, 0) is 125 Å². The van der Waals surface area contributed by atoms with Crippen LogP contribution >= 0.6 is 0 Å². The second kappa shape index (κ2) is 14.3. The number of fused-ring (bicyclic) bond motifs is 12. The van der Waals surface area contributed by atoms with Gasteiger partial charge in [0.2, 0.25) is 0 Å². The molecule has 0 saturated heterocycles. The van der Waals surface area contributed by atoms with Crippen molar-refractivity contribution in [3.8, 4) is 33.9 Å². The van der Waals surface area contributed by atoms with Gasteiger partial charge in [0.15, 0.2) is 0 Å². The quantitative estimate of drug-likeness (QED) is 0.173. The van der Waals surface area contributed by atoms with E-state index in [0.29, 0.717) is 0 Å². The maximum atomic E-state index is 4.55. The lowest BCUT2D eigenvalue weighted by Gasteiger charge is -2.21. The molecular weight excluding hydrogens is 833 g/mol. The Balaban J connectivity index is 1.14. The van der Waals surface area contributed by atoms with Crippen molar-refractivity contribution >= 4 is 87.2 Å². The standard InChI is InChI=1S/C60H42N8/c1-35-5-13-51-43(25-35)44-26-36(2)6-14-52(44)67(51)59-29-39(65-55-17-21-61-31-47(55)48-32-62-22-18-56(48)65)9-11-41(59)42-12-10-40(66-57-19-23-63-33-49(57)50-34-64-24-20-58(50)66)30-60(42)68-53-15-7-37(3)27-45(53)46-28-38(4)8-16-54(46)68/h5-34H,1-4H3. The monoisotopic (exact) mass is 874 g/mol. The predicted octanol–water partition coefficient (Wildman–Crippen LogP) is 14.6. The van der Waals surface area contributed by atoms with Gasteiger partial charge in [0.1, 0.15) is 0 Å². The average molecular weight is 875 g/mol. The molecule has 0 fully saturated rings. The van der Waals surface area contributed by atoms with Crippen LogP contribution in [0.2, 0.25) is 0 Å². The largest absolute Gasteiger partial charge is 0.309 e. The van der Waals surface area contributed by atoms with Crippen molar-refractivity contribution in [1.82, 2.24) is 38.2 Å². The van der Waals surface area contributed by atoms with Crippen molar-refractivity contribution in [3.05, 3.63) is 205 Å². The van der Waals surface area contributed by atoms with Crippen LogP contribution in [-0.4, -0.2) is 38.2 Å². The number of aryl methyl sites for hydroxylation is 4. The predicted molar refractivity (Wildman–Crippen MR) is 279 cm³/mol. The fraction of sp³-hybridized carbons (Fsp3) is 0.0667. The van der Waals surface area contributed by atoms with E-state index in [1.54, 1.807) is 0 Å². The Morgan fingerprint density at radius 3 is 0.838 bits per heavy atom. The summed E-state index contributed by atoms with van der Waals surface area (Å²) >= 11 is 0. The number of rotatable bonds is 5. The lowest BCUT2D eigenvalue weighted by atomic mass is 9.99. The molecule has 0 amide bonds. The second-order valence-corrected chi connectivity index (χ2v) is 18.4. The summed E-state index contributed by atoms with van der Waals surface area (Å²) in [5.74, 6) is 0. The number of hydrogen-bond donors (Lipinski definition) is 0. The number of benzene rings is 6. The summed E-state index contributed by atoms with van der Waals surface area (Å²) < 4.78 is 9.69. The highest BCUT2D eigenvalue weighted by Gasteiger charge is 2.24. The summed E-state index contributed by atoms with van der Waals surface area (Å²) in [6.07, 6.45) is 15.3. The van der Waals surface area contributed by atoms with Crippen LogP contribution in [-0.2, 0) is 0 Å². The van der Waals surface area contributed by atoms with Crippen LogP contribution in [0.4, 0.5) is 0 Å². The van der Waals surface area contributed by atoms with E-state index in [1.807, 2.05) is 49.6 Å². The summed E-state index contributed by atoms with van der Waals surface area (Å²) in [6.45, 7) is 8.73. The molecule has 8 heteroatoms. The molecule has 6 aromatic carbocycles. The van der Waals surface area contributed by atoms with E-state index in [-0.39, 0.29) is 0 Å². The molecule has 0 N–H and O–H groups in total. The molecule has 8 nitrogen and oxygen atoms in total. The van der Waals surface area contributed by atoms with Crippen molar-refractivity contribution in [1.29, 1.82) is 0 Å². The van der Waals surface area contributed by atoms with Crippen molar-refractivity contribution < 1.29 is 0 Å². The third kappa shape index (κ3) is 5.48. The van der Waals surface area contributed by atoms with Gasteiger partial charge in [-0.25, -0.2) is 0 Å². The van der Waals surface area contributed by atoms with Crippen LogP contribution in [0.25, 0.3) is 121 Å². The summed E-state index contributed by atoms with van der Waals surface area (Å²) in [5, 5.41) is 9.18. The van der Waals surface area contributed by atoms with Crippen LogP contribution in [0.5, 0.6) is 0 Å². The zero-order valence-corrected chi connectivity index (χ0v) is 37.9. The van der Waals surface area contributed by atoms with Gasteiger partial charge < -0.3 is 18.3 Å². The van der Waals surface area contributed by atoms with Crippen LogP contribution in [0.1, 0.15) is 22.3 Å². The molecule has 68 heavy (non-hydrogen) atoms. The lowest BCUT2D eigenvalue weighted by molar-refractivity contribution is 1.12. The summed E-state index contributed by atoms with van der Waals surface area (Å²) in [6, 6.07) is 49.9. The first-order valence-corrected chi connectivity index (χ1v) is 23.1. The Kier molecular flexibility index (Phi) is 8.08. The minimum atomic E-state index is 1.05. The zero-order chi connectivity index (χ0) is 45.4. The van der Waals surface area contributed by atoms with Crippen molar-refractivity contribution in [2.45, 2.75) is 27.7 Å². The fourth-order valence-electron chi connectivity index (χ4n) is 11.1. The van der Waals surface area contributed by atoms with Gasteiger partial charge in [0.25, 0.3) is 0 Å². The van der Waals surface area contributed by atoms with E-state index in [2.05, 4.69) is 199 Å². The SMILES string of the molecule is Cc1ccc2c(c1)c1cc(C)ccc1n2-c1cc(-n2c3ccncc3c3cnccc32)ccc1-c1ccc(-n2c3ccncc3c3cnccc32)cc1-n1c2ccc(C)cc2c2cc(C)ccc21. The van der Waals surface area contributed by atoms with E-state index in [1.165, 1.54) is 43.8 Å². The third-order valence-electron chi connectivity index (χ3n) is 14.1. The van der Waals surface area contributed by atoms with Gasteiger partial charge in [-0.1, -0.05) is 58.7 Å². The highest BCUT2D eigenvalue weighted by molar-refractivity contribution is 6.13. The molecule has 0 aliphatic carbocycles. The Bertz CT molecular complexity index is 3930. The zero-order valence-electron chi connectivity index (χ0n) is 37.9. The Hall–Kier alpha value is -8.88. The molecular formula is C60H42N8. The normalized spacial score (nSPS) is 12.1. The van der Waals surface area contributed by atoms with Gasteiger partial charge in [-0.2, -0.15) is 0 Å². The molecule has 0 unspecified atom stereocenters. The number of aromatic nitrogens is 8. The lowest BCUT2D eigenvalue weighted by Crippen LogP contribution is -2.05. The molecule has 322 valence electrons. The van der Waals surface area contributed by atoms with Crippen LogP contribution < -0.4 is 0 Å². The average Bonchev–Trinajstić information content (AvgIpc) is 4.08. The molecule has 0 aliphatic rings. The minimum absolute atomic E-state index is 1.05. The molecule has 0 radical (unpaired) electrons. The Morgan fingerprint density at radius 1 is 0.265 bits per heavy atom. The summed E-state index contributed by atoms with van der Waals surface area (Å²) in [5.41, 5.74) is 20.3. The van der Waals surface area contributed by atoms with Crippen LogP contribution in [0.15, 0.2) is 183 Å². The Morgan fingerprint density at radius 2 is 0.544 bits per heavy atom. The molecule has 0 spiro atoms. The Labute approximate surface area is 390 Å². The number of hydrogen-bond acceptors (Lipinski definition) is 4. The number of nitrogens with zero attached hydrogens (tertiary/aromatic N) is 8. The topological polar surface area (TPSA) is 71.3 Å².